The molecule has 8 aliphatic rings. The van der Waals surface area contributed by atoms with Gasteiger partial charge in [-0.05, 0) is 37.5 Å². The summed E-state index contributed by atoms with van der Waals surface area (Å²) in [6.07, 6.45) is 13.6. The predicted octanol–water partition coefficient (Wildman–Crippen LogP) is 3.52. The zero-order valence-corrected chi connectivity index (χ0v) is 16.1. The first kappa shape index (κ1) is 15.6. The molecule has 4 nitrogen and oxygen atoms in total. The van der Waals surface area contributed by atoms with Crippen LogP contribution in [0.5, 0.6) is 0 Å². The van der Waals surface area contributed by atoms with Crippen LogP contribution in [0, 0.1) is 35.5 Å². The van der Waals surface area contributed by atoms with Crippen LogP contribution in [-0.2, 0) is 18.9 Å². The van der Waals surface area contributed by atoms with E-state index in [2.05, 4.69) is 24.3 Å². The van der Waals surface area contributed by atoms with E-state index in [9.17, 15) is 0 Å². The molecule has 0 aromatic carbocycles. The number of allylic oxidation sites excluding steroid dienone is 4. The van der Waals surface area contributed by atoms with Crippen LogP contribution in [0.3, 0.4) is 0 Å². The summed E-state index contributed by atoms with van der Waals surface area (Å²) in [6.45, 7) is 2.93. The summed E-state index contributed by atoms with van der Waals surface area (Å²) in [4.78, 5) is 0. The smallest absolute Gasteiger partial charge is 0.182 e. The van der Waals surface area contributed by atoms with Gasteiger partial charge >= 0.3 is 0 Å². The molecule has 2 spiro atoms. The average molecular weight is 378 g/mol. The Hall–Kier alpha value is -1.20. The van der Waals surface area contributed by atoms with E-state index >= 15 is 0 Å². The van der Waals surface area contributed by atoms with E-state index in [1.54, 1.807) is 22.3 Å². The third-order valence-electron chi connectivity index (χ3n) is 9.21. The third-order valence-corrected chi connectivity index (χ3v) is 9.21. The first-order valence-corrected chi connectivity index (χ1v) is 11.2. The second-order valence-electron chi connectivity index (χ2n) is 9.76. The second-order valence-corrected chi connectivity index (χ2v) is 9.76. The Morgan fingerprint density at radius 1 is 0.500 bits per heavy atom. The van der Waals surface area contributed by atoms with E-state index in [-0.39, 0.29) is 0 Å². The molecule has 2 unspecified atom stereocenters. The van der Waals surface area contributed by atoms with Gasteiger partial charge in [-0.2, -0.15) is 0 Å². The minimum absolute atomic E-state index is 0.379. The molecule has 146 valence electrons. The second kappa shape index (κ2) is 4.92. The van der Waals surface area contributed by atoms with Crippen LogP contribution in [0.25, 0.3) is 0 Å². The lowest BCUT2D eigenvalue weighted by molar-refractivity contribution is -0.225. The molecule has 0 aromatic rings. The molecular formula is C24H26O4. The molecule has 0 N–H and O–H groups in total. The Kier molecular flexibility index (Phi) is 2.74. The van der Waals surface area contributed by atoms with E-state index in [1.807, 2.05) is 0 Å². The Balaban J connectivity index is 1.41. The monoisotopic (exact) mass is 378 g/mol. The molecule has 0 bridgehead atoms. The molecule has 2 aliphatic heterocycles. The molecule has 2 heterocycles. The molecule has 2 saturated carbocycles. The molecule has 4 fully saturated rings. The van der Waals surface area contributed by atoms with Crippen LogP contribution in [0.4, 0.5) is 0 Å². The summed E-state index contributed by atoms with van der Waals surface area (Å²) in [5.41, 5.74) is 6.39. The summed E-state index contributed by atoms with van der Waals surface area (Å²) >= 11 is 0. The van der Waals surface area contributed by atoms with E-state index in [4.69, 9.17) is 18.9 Å². The van der Waals surface area contributed by atoms with Crippen molar-refractivity contribution in [2.45, 2.75) is 37.3 Å². The number of fused-ring (bicyclic) bond motifs is 8. The van der Waals surface area contributed by atoms with Crippen molar-refractivity contribution < 1.29 is 18.9 Å². The highest BCUT2D eigenvalue weighted by atomic mass is 16.7. The molecule has 28 heavy (non-hydrogen) atoms. The average Bonchev–Trinajstić information content (AvgIpc) is 3.53. The lowest BCUT2D eigenvalue weighted by Gasteiger charge is -2.37. The van der Waals surface area contributed by atoms with Gasteiger partial charge in [0.2, 0.25) is 0 Å². The largest absolute Gasteiger partial charge is 0.346 e. The standard InChI is InChI=1S/C24H26O4/c1-2-6-14-13(5-1)19-17-18-21(23(19)25-9-10-26-23)15-7-3-4-8-16(15)22(18)24(20(14)17)27-11-12-28-24/h1-4,17-22H,5-12H2/t17?,18?,19-,20+,21+,22-. The zero-order valence-electron chi connectivity index (χ0n) is 16.1. The minimum atomic E-state index is -0.434. The summed E-state index contributed by atoms with van der Waals surface area (Å²) in [7, 11) is 0. The Labute approximate surface area is 165 Å². The minimum Gasteiger partial charge on any atom is -0.346 e. The summed E-state index contributed by atoms with van der Waals surface area (Å²) < 4.78 is 26.5. The lowest BCUT2D eigenvalue weighted by Crippen LogP contribution is -2.46. The van der Waals surface area contributed by atoms with Gasteiger partial charge in [-0.15, -0.1) is 0 Å². The van der Waals surface area contributed by atoms with Crippen molar-refractivity contribution >= 4 is 0 Å². The van der Waals surface area contributed by atoms with E-state index in [1.165, 1.54) is 0 Å². The third kappa shape index (κ3) is 1.44. The van der Waals surface area contributed by atoms with Crippen molar-refractivity contribution in [3.05, 3.63) is 46.6 Å². The van der Waals surface area contributed by atoms with Crippen molar-refractivity contribution in [3.63, 3.8) is 0 Å². The van der Waals surface area contributed by atoms with Crippen LogP contribution >= 0.6 is 0 Å². The van der Waals surface area contributed by atoms with E-state index in [0.29, 0.717) is 35.5 Å². The normalized spacial score (nSPS) is 47.7. The van der Waals surface area contributed by atoms with Crippen molar-refractivity contribution in [1.29, 1.82) is 0 Å². The van der Waals surface area contributed by atoms with Crippen LogP contribution in [0.15, 0.2) is 46.6 Å². The number of ether oxygens (including phenoxy) is 4. The molecule has 0 aromatic heterocycles. The molecule has 0 radical (unpaired) electrons. The maximum atomic E-state index is 6.63. The van der Waals surface area contributed by atoms with Gasteiger partial charge in [-0.1, -0.05) is 46.6 Å². The molecule has 6 aliphatic carbocycles. The van der Waals surface area contributed by atoms with E-state index < -0.39 is 11.6 Å². The van der Waals surface area contributed by atoms with Gasteiger partial charge in [0, 0.05) is 23.7 Å². The fourth-order valence-electron chi connectivity index (χ4n) is 8.91. The van der Waals surface area contributed by atoms with Gasteiger partial charge in [0.15, 0.2) is 11.6 Å². The van der Waals surface area contributed by atoms with Gasteiger partial charge in [0.25, 0.3) is 0 Å². The predicted molar refractivity (Wildman–Crippen MR) is 101 cm³/mol. The highest BCUT2D eigenvalue weighted by molar-refractivity contribution is 5.52. The molecular weight excluding hydrogens is 352 g/mol. The summed E-state index contributed by atoms with van der Waals surface area (Å²) in [5, 5.41) is 0. The Bertz CT molecular complexity index is 766. The molecule has 6 atom stereocenters. The van der Waals surface area contributed by atoms with Crippen molar-refractivity contribution in [2.24, 2.45) is 35.5 Å². The van der Waals surface area contributed by atoms with Crippen LogP contribution < -0.4 is 0 Å². The molecule has 0 amide bonds. The van der Waals surface area contributed by atoms with Crippen LogP contribution in [0.1, 0.15) is 25.7 Å². The number of rotatable bonds is 0. The molecule has 4 heteroatoms. The SMILES string of the molecule is C1=CCC2=C(C1)[C@@H]1C3C4[C@@H](C5=C(CC=CC5)[C@@H]4C14OCCO4)C1(OCCO1)[C@@H]23. The highest BCUT2D eigenvalue weighted by Crippen LogP contribution is 2.79. The van der Waals surface area contributed by atoms with Crippen LogP contribution in [-0.4, -0.2) is 38.0 Å². The first-order chi connectivity index (χ1) is 13.9. The van der Waals surface area contributed by atoms with Gasteiger partial charge in [-0.25, -0.2) is 0 Å². The molecule has 2 saturated heterocycles. The molecule has 8 rings (SSSR count). The fraction of sp³-hybridized carbons (Fsp3) is 0.667. The quantitative estimate of drug-likeness (QED) is 0.605. The lowest BCUT2D eigenvalue weighted by atomic mass is 9.79. The topological polar surface area (TPSA) is 36.9 Å². The number of hydrogen-bond acceptors (Lipinski definition) is 4. The van der Waals surface area contributed by atoms with Crippen LogP contribution in [0.2, 0.25) is 0 Å². The maximum absolute atomic E-state index is 6.63. The van der Waals surface area contributed by atoms with Crippen molar-refractivity contribution in [1.82, 2.24) is 0 Å². The Morgan fingerprint density at radius 2 is 0.786 bits per heavy atom. The maximum Gasteiger partial charge on any atom is 0.182 e. The fourth-order valence-corrected chi connectivity index (χ4v) is 8.91. The summed E-state index contributed by atoms with van der Waals surface area (Å²) in [6, 6.07) is 0. The van der Waals surface area contributed by atoms with E-state index in [0.717, 1.165) is 52.1 Å². The summed E-state index contributed by atoms with van der Waals surface area (Å²) in [5.74, 6) is 1.74. The van der Waals surface area contributed by atoms with Gasteiger partial charge < -0.3 is 18.9 Å². The van der Waals surface area contributed by atoms with Gasteiger partial charge in [0.05, 0.1) is 26.4 Å². The van der Waals surface area contributed by atoms with Crippen molar-refractivity contribution in [2.75, 3.05) is 26.4 Å². The van der Waals surface area contributed by atoms with Crippen molar-refractivity contribution in [3.8, 4) is 0 Å². The zero-order chi connectivity index (χ0) is 18.1. The van der Waals surface area contributed by atoms with Gasteiger partial charge in [0.1, 0.15) is 0 Å². The highest BCUT2D eigenvalue weighted by Gasteiger charge is 2.82. The van der Waals surface area contributed by atoms with Gasteiger partial charge in [-0.3, -0.25) is 0 Å². The number of hydrogen-bond donors (Lipinski definition) is 0. The Morgan fingerprint density at radius 3 is 1.07 bits per heavy atom. The first-order valence-electron chi connectivity index (χ1n) is 11.2.